The minimum atomic E-state index is -0.751. The van der Waals surface area contributed by atoms with Crippen LogP contribution in [0.2, 0.25) is 5.28 Å². The molecular formula is C16H11ClFN3O3S. The lowest BCUT2D eigenvalue weighted by Gasteiger charge is -2.07. The molecule has 0 radical (unpaired) electrons. The van der Waals surface area contributed by atoms with Crippen LogP contribution in [-0.2, 0) is 4.79 Å². The largest absolute Gasteiger partial charge is 0.436 e. The smallest absolute Gasteiger partial charge is 0.293 e. The zero-order valence-electron chi connectivity index (χ0n) is 12.9. The summed E-state index contributed by atoms with van der Waals surface area (Å²) >= 11 is 6.50. The Kier molecular flexibility index (Phi) is 5.00. The molecule has 9 heteroatoms. The van der Waals surface area contributed by atoms with Crippen molar-refractivity contribution in [2.45, 2.75) is 6.92 Å². The minimum absolute atomic E-state index is 0.138. The molecule has 0 bridgehead atoms. The molecule has 1 aliphatic heterocycles. The van der Waals surface area contributed by atoms with Gasteiger partial charge in [-0.05, 0) is 54.1 Å². The van der Waals surface area contributed by atoms with Gasteiger partial charge in [-0.15, -0.1) is 0 Å². The minimum Gasteiger partial charge on any atom is -0.436 e. The van der Waals surface area contributed by atoms with Crippen molar-refractivity contribution in [3.63, 3.8) is 0 Å². The number of rotatable bonds is 4. The number of hydrogen-bond donors (Lipinski definition) is 0. The van der Waals surface area contributed by atoms with Gasteiger partial charge in [0, 0.05) is 6.54 Å². The first-order valence-corrected chi connectivity index (χ1v) is 8.38. The molecule has 3 rings (SSSR count). The van der Waals surface area contributed by atoms with Crippen LogP contribution < -0.4 is 4.74 Å². The van der Waals surface area contributed by atoms with Gasteiger partial charge >= 0.3 is 0 Å². The van der Waals surface area contributed by atoms with E-state index in [0.717, 1.165) is 22.9 Å². The average molecular weight is 380 g/mol. The lowest BCUT2D eigenvalue weighted by Crippen LogP contribution is -2.27. The number of thioether (sulfide) groups is 1. The summed E-state index contributed by atoms with van der Waals surface area (Å²) in [6.07, 6.45) is 2.49. The van der Waals surface area contributed by atoms with Gasteiger partial charge in [0.25, 0.3) is 17.0 Å². The van der Waals surface area contributed by atoms with Gasteiger partial charge in [0.1, 0.15) is 5.75 Å². The van der Waals surface area contributed by atoms with Crippen molar-refractivity contribution in [1.82, 2.24) is 14.9 Å². The Morgan fingerprint density at radius 3 is 2.92 bits per heavy atom. The second kappa shape index (κ2) is 7.20. The van der Waals surface area contributed by atoms with E-state index >= 15 is 0 Å². The standard InChI is InChI=1S/C16H11ClFN3O3S/c1-2-21-14(22)12(25-16(21)23)7-9-4-3-5-10(6-9)24-13-11(18)8-19-15(17)20-13/h3-8H,2H2,1H3/b12-7+. The van der Waals surface area contributed by atoms with Crippen LogP contribution in [0.4, 0.5) is 9.18 Å². The maximum Gasteiger partial charge on any atom is 0.293 e. The highest BCUT2D eigenvalue weighted by molar-refractivity contribution is 8.18. The first-order chi connectivity index (χ1) is 12.0. The zero-order valence-corrected chi connectivity index (χ0v) is 14.5. The number of hydrogen-bond acceptors (Lipinski definition) is 6. The van der Waals surface area contributed by atoms with Crippen molar-refractivity contribution in [3.8, 4) is 11.6 Å². The summed E-state index contributed by atoms with van der Waals surface area (Å²) in [6.45, 7) is 2.05. The highest BCUT2D eigenvalue weighted by Gasteiger charge is 2.33. The van der Waals surface area contributed by atoms with Crippen LogP contribution in [0.15, 0.2) is 35.4 Å². The number of likely N-dealkylation sites (N-methyl/N-ethyl adjacent to an activating group) is 1. The summed E-state index contributed by atoms with van der Waals surface area (Å²) in [5.41, 5.74) is 0.625. The van der Waals surface area contributed by atoms with E-state index < -0.39 is 5.82 Å². The molecule has 0 saturated carbocycles. The lowest BCUT2D eigenvalue weighted by molar-refractivity contribution is -0.122. The molecule has 0 unspecified atom stereocenters. The number of carbonyl (C=O) groups is 2. The number of benzene rings is 1. The topological polar surface area (TPSA) is 72.4 Å². The Hall–Kier alpha value is -2.45. The fourth-order valence-corrected chi connectivity index (χ4v) is 3.13. The van der Waals surface area contributed by atoms with Gasteiger partial charge in [-0.3, -0.25) is 14.5 Å². The molecule has 2 aromatic rings. The van der Waals surface area contributed by atoms with Gasteiger partial charge in [0.2, 0.25) is 11.1 Å². The van der Waals surface area contributed by atoms with Crippen molar-refractivity contribution in [2.75, 3.05) is 6.54 Å². The second-order valence-electron chi connectivity index (χ2n) is 4.89. The lowest BCUT2D eigenvalue weighted by atomic mass is 10.2. The van der Waals surface area contributed by atoms with Crippen LogP contribution in [0.5, 0.6) is 11.6 Å². The van der Waals surface area contributed by atoms with E-state index in [2.05, 4.69) is 9.97 Å². The third-order valence-corrected chi connectivity index (χ3v) is 4.33. The summed E-state index contributed by atoms with van der Waals surface area (Å²) in [6, 6.07) is 6.60. The summed E-state index contributed by atoms with van der Waals surface area (Å²) in [4.78, 5) is 32.5. The van der Waals surface area contributed by atoms with Crippen molar-refractivity contribution in [2.24, 2.45) is 0 Å². The van der Waals surface area contributed by atoms with Crippen LogP contribution >= 0.6 is 23.4 Å². The SMILES string of the molecule is CCN1C(=O)S/C(=C/c2cccc(Oc3nc(Cl)ncc3F)c2)C1=O. The van der Waals surface area contributed by atoms with E-state index in [4.69, 9.17) is 16.3 Å². The molecule has 128 valence electrons. The van der Waals surface area contributed by atoms with E-state index in [1.165, 1.54) is 0 Å². The summed E-state index contributed by atoms with van der Waals surface area (Å²) in [5, 5.41) is -0.440. The van der Waals surface area contributed by atoms with E-state index in [9.17, 15) is 14.0 Å². The Bertz CT molecular complexity index is 891. The number of carbonyl (C=O) groups excluding carboxylic acids is 2. The van der Waals surface area contributed by atoms with Gasteiger partial charge in [-0.1, -0.05) is 12.1 Å². The van der Waals surface area contributed by atoms with Gasteiger partial charge in [-0.25, -0.2) is 4.98 Å². The third-order valence-electron chi connectivity index (χ3n) is 3.24. The Balaban J connectivity index is 1.85. The number of halogens is 2. The van der Waals surface area contributed by atoms with Crippen LogP contribution in [0, 0.1) is 5.82 Å². The predicted molar refractivity (Wildman–Crippen MR) is 91.9 cm³/mol. The summed E-state index contributed by atoms with van der Waals surface area (Å²) in [7, 11) is 0. The number of ether oxygens (including phenoxy) is 1. The molecule has 6 nitrogen and oxygen atoms in total. The predicted octanol–water partition coefficient (Wildman–Crippen LogP) is 4.12. The van der Waals surface area contributed by atoms with Crippen LogP contribution in [0.25, 0.3) is 6.08 Å². The number of amides is 2. The van der Waals surface area contributed by atoms with Gasteiger partial charge in [0.15, 0.2) is 0 Å². The molecule has 25 heavy (non-hydrogen) atoms. The van der Waals surface area contributed by atoms with Gasteiger partial charge in [0.05, 0.1) is 11.1 Å². The fraction of sp³-hybridized carbons (Fsp3) is 0.125. The van der Waals surface area contributed by atoms with Crippen molar-refractivity contribution < 1.29 is 18.7 Å². The summed E-state index contributed by atoms with van der Waals surface area (Å²) < 4.78 is 19.0. The highest BCUT2D eigenvalue weighted by atomic mass is 35.5. The van der Waals surface area contributed by atoms with Crippen LogP contribution in [-0.4, -0.2) is 32.6 Å². The maximum absolute atomic E-state index is 13.6. The van der Waals surface area contributed by atoms with E-state index in [0.29, 0.717) is 22.8 Å². The van der Waals surface area contributed by atoms with E-state index in [1.807, 2.05) is 0 Å². The molecule has 1 fully saturated rings. The van der Waals surface area contributed by atoms with Crippen molar-refractivity contribution >= 4 is 40.6 Å². The number of nitrogens with zero attached hydrogens (tertiary/aromatic N) is 3. The molecule has 0 N–H and O–H groups in total. The fourth-order valence-electron chi connectivity index (χ4n) is 2.11. The van der Waals surface area contributed by atoms with Crippen molar-refractivity contribution in [1.29, 1.82) is 0 Å². The molecule has 1 aliphatic rings. The Morgan fingerprint density at radius 2 is 2.20 bits per heavy atom. The Morgan fingerprint density at radius 1 is 1.40 bits per heavy atom. The first kappa shape index (κ1) is 17.4. The molecular weight excluding hydrogens is 369 g/mol. The normalized spacial score (nSPS) is 16.0. The molecule has 2 amide bonds. The number of imide groups is 1. The zero-order chi connectivity index (χ0) is 18.0. The second-order valence-corrected chi connectivity index (χ2v) is 6.22. The maximum atomic E-state index is 13.6. The van der Waals surface area contributed by atoms with Crippen molar-refractivity contribution in [3.05, 3.63) is 52.0 Å². The molecule has 2 heterocycles. The molecule has 0 spiro atoms. The third kappa shape index (κ3) is 3.80. The Labute approximate surface area is 151 Å². The monoisotopic (exact) mass is 379 g/mol. The molecule has 0 atom stereocenters. The molecule has 0 aliphatic carbocycles. The highest BCUT2D eigenvalue weighted by Crippen LogP contribution is 2.32. The molecule has 1 aromatic heterocycles. The molecule has 1 saturated heterocycles. The molecule has 1 aromatic carbocycles. The average Bonchev–Trinajstić information content (AvgIpc) is 2.84. The number of aromatic nitrogens is 2. The van der Waals surface area contributed by atoms with E-state index in [-0.39, 0.29) is 22.3 Å². The quantitative estimate of drug-likeness (QED) is 0.587. The van der Waals surface area contributed by atoms with E-state index in [1.54, 1.807) is 37.3 Å². The summed E-state index contributed by atoms with van der Waals surface area (Å²) in [5.74, 6) is -1.09. The van der Waals surface area contributed by atoms with Gasteiger partial charge < -0.3 is 4.74 Å². The van der Waals surface area contributed by atoms with Crippen LogP contribution in [0.3, 0.4) is 0 Å². The van der Waals surface area contributed by atoms with Gasteiger partial charge in [-0.2, -0.15) is 9.37 Å². The van der Waals surface area contributed by atoms with Crippen LogP contribution in [0.1, 0.15) is 12.5 Å². The first-order valence-electron chi connectivity index (χ1n) is 7.19.